The number of rotatable bonds is 5. The van der Waals surface area contributed by atoms with Crippen LogP contribution < -0.4 is 5.32 Å². The van der Waals surface area contributed by atoms with Gasteiger partial charge in [-0.15, -0.1) is 0 Å². The zero-order valence-electron chi connectivity index (χ0n) is 15.3. The van der Waals surface area contributed by atoms with Crippen molar-refractivity contribution in [1.29, 1.82) is 0 Å². The number of nitrogens with zero attached hydrogens (tertiary/aromatic N) is 2. The third-order valence-corrected chi connectivity index (χ3v) is 4.84. The van der Waals surface area contributed by atoms with Crippen LogP contribution in [0.3, 0.4) is 0 Å². The van der Waals surface area contributed by atoms with Gasteiger partial charge in [0.25, 0.3) is 5.91 Å². The number of benzene rings is 1. The van der Waals surface area contributed by atoms with Gasteiger partial charge in [0.2, 0.25) is 5.91 Å². The number of anilines is 1. The number of hydrogen-bond acceptors (Lipinski definition) is 4. The molecule has 2 amide bonds. The molecule has 6 nitrogen and oxygen atoms in total. The van der Waals surface area contributed by atoms with E-state index in [1.807, 2.05) is 25.1 Å². The van der Waals surface area contributed by atoms with E-state index in [-0.39, 0.29) is 11.8 Å². The Morgan fingerprint density at radius 3 is 2.50 bits per heavy atom. The first kappa shape index (κ1) is 18.2. The minimum Gasteiger partial charge on any atom is -0.459 e. The summed E-state index contributed by atoms with van der Waals surface area (Å²) in [4.78, 5) is 28.4. The first-order valence-corrected chi connectivity index (χ1v) is 8.95. The second-order valence-electron chi connectivity index (χ2n) is 6.71. The van der Waals surface area contributed by atoms with Crippen LogP contribution in [0.2, 0.25) is 0 Å². The first-order valence-electron chi connectivity index (χ1n) is 8.95. The smallest absolute Gasteiger partial charge is 0.289 e. The summed E-state index contributed by atoms with van der Waals surface area (Å²) in [5.41, 5.74) is 3.22. The maximum absolute atomic E-state index is 12.2. The Bertz CT molecular complexity index is 763. The molecular formula is C20H25N3O3. The molecule has 2 aromatic rings. The van der Waals surface area contributed by atoms with E-state index in [2.05, 4.69) is 17.1 Å². The third-order valence-electron chi connectivity index (χ3n) is 4.84. The average Bonchev–Trinajstić information content (AvgIpc) is 3.18. The van der Waals surface area contributed by atoms with Crippen LogP contribution in [0.1, 0.15) is 28.1 Å². The fourth-order valence-corrected chi connectivity index (χ4v) is 3.03. The van der Waals surface area contributed by atoms with E-state index < -0.39 is 0 Å². The van der Waals surface area contributed by atoms with Crippen molar-refractivity contribution in [3.8, 4) is 0 Å². The molecule has 1 aromatic carbocycles. The highest BCUT2D eigenvalue weighted by Crippen LogP contribution is 2.15. The van der Waals surface area contributed by atoms with Gasteiger partial charge in [-0.2, -0.15) is 0 Å². The van der Waals surface area contributed by atoms with E-state index in [1.54, 1.807) is 17.0 Å². The number of hydrogen-bond donors (Lipinski definition) is 1. The Morgan fingerprint density at radius 1 is 1.08 bits per heavy atom. The van der Waals surface area contributed by atoms with Crippen LogP contribution in [0, 0.1) is 13.8 Å². The molecule has 1 aliphatic rings. The van der Waals surface area contributed by atoms with E-state index in [0.29, 0.717) is 31.8 Å². The first-order chi connectivity index (χ1) is 12.5. The molecule has 0 atom stereocenters. The summed E-state index contributed by atoms with van der Waals surface area (Å²) >= 11 is 0. The number of carbonyl (C=O) groups is 2. The lowest BCUT2D eigenvalue weighted by Crippen LogP contribution is -2.49. The van der Waals surface area contributed by atoms with Gasteiger partial charge < -0.3 is 14.6 Å². The van der Waals surface area contributed by atoms with Crippen LogP contribution in [-0.4, -0.2) is 54.3 Å². The van der Waals surface area contributed by atoms with E-state index in [9.17, 15) is 9.59 Å². The minimum absolute atomic E-state index is 0.0161. The lowest BCUT2D eigenvalue weighted by atomic mass is 10.1. The van der Waals surface area contributed by atoms with Crippen LogP contribution in [0.15, 0.2) is 41.0 Å². The van der Waals surface area contributed by atoms with Gasteiger partial charge in [-0.05, 0) is 49.2 Å². The third kappa shape index (κ3) is 4.52. The monoisotopic (exact) mass is 355 g/mol. The number of carbonyl (C=O) groups excluding carboxylic acids is 2. The maximum Gasteiger partial charge on any atom is 0.289 e. The highest BCUT2D eigenvalue weighted by Gasteiger charge is 2.23. The summed E-state index contributed by atoms with van der Waals surface area (Å²) in [6, 6.07) is 9.34. The molecule has 26 heavy (non-hydrogen) atoms. The van der Waals surface area contributed by atoms with Crippen molar-refractivity contribution in [2.75, 3.05) is 38.0 Å². The Hall–Kier alpha value is -2.60. The van der Waals surface area contributed by atoms with Gasteiger partial charge in [0.15, 0.2) is 5.76 Å². The Labute approximate surface area is 153 Å². The van der Waals surface area contributed by atoms with Gasteiger partial charge in [-0.25, -0.2) is 0 Å². The summed E-state index contributed by atoms with van der Waals surface area (Å²) in [6.45, 7) is 7.62. The zero-order valence-corrected chi connectivity index (χ0v) is 15.3. The van der Waals surface area contributed by atoms with Crippen molar-refractivity contribution in [3.63, 3.8) is 0 Å². The molecule has 6 heteroatoms. The number of piperazine rings is 1. The number of aryl methyl sites for hydroxylation is 2. The van der Waals surface area contributed by atoms with Crippen molar-refractivity contribution in [1.82, 2.24) is 9.80 Å². The molecule has 0 spiro atoms. The number of amides is 2. The lowest BCUT2D eigenvalue weighted by molar-refractivity contribution is -0.116. The molecule has 0 unspecified atom stereocenters. The molecule has 1 aliphatic heterocycles. The summed E-state index contributed by atoms with van der Waals surface area (Å²) in [7, 11) is 0. The molecule has 0 radical (unpaired) electrons. The molecule has 2 heterocycles. The number of furan rings is 1. The quantitative estimate of drug-likeness (QED) is 0.896. The predicted octanol–water partition coefficient (Wildman–Crippen LogP) is 2.68. The van der Waals surface area contributed by atoms with Gasteiger partial charge in [0.05, 0.1) is 6.26 Å². The zero-order chi connectivity index (χ0) is 18.5. The molecular weight excluding hydrogens is 330 g/mol. The average molecular weight is 355 g/mol. The lowest BCUT2D eigenvalue weighted by Gasteiger charge is -2.34. The van der Waals surface area contributed by atoms with Gasteiger partial charge in [-0.1, -0.05) is 6.07 Å². The number of nitrogens with one attached hydrogen (secondary N) is 1. The molecule has 1 saturated heterocycles. The molecule has 0 bridgehead atoms. The van der Waals surface area contributed by atoms with Gasteiger partial charge in [0, 0.05) is 44.8 Å². The van der Waals surface area contributed by atoms with Gasteiger partial charge in [0.1, 0.15) is 0 Å². The Balaban J connectivity index is 1.41. The van der Waals surface area contributed by atoms with E-state index in [1.165, 1.54) is 17.4 Å². The standard InChI is InChI=1S/C20H25N3O3/c1-15-5-6-17(14-16(15)2)21-19(24)7-8-22-9-11-23(12-10-22)20(25)18-4-3-13-26-18/h3-6,13-14H,7-12H2,1-2H3,(H,21,24). The second-order valence-corrected chi connectivity index (χ2v) is 6.71. The molecule has 3 rings (SSSR count). The van der Waals surface area contributed by atoms with E-state index >= 15 is 0 Å². The summed E-state index contributed by atoms with van der Waals surface area (Å²) in [6.07, 6.45) is 1.96. The van der Waals surface area contributed by atoms with E-state index in [4.69, 9.17) is 4.42 Å². The molecule has 1 N–H and O–H groups in total. The fourth-order valence-electron chi connectivity index (χ4n) is 3.03. The molecule has 1 aromatic heterocycles. The molecule has 138 valence electrons. The minimum atomic E-state index is -0.0675. The Kier molecular flexibility index (Phi) is 5.73. The summed E-state index contributed by atoms with van der Waals surface area (Å²) in [5.74, 6) is 0.329. The van der Waals surface area contributed by atoms with Crippen molar-refractivity contribution >= 4 is 17.5 Å². The van der Waals surface area contributed by atoms with E-state index in [0.717, 1.165) is 18.8 Å². The van der Waals surface area contributed by atoms with Gasteiger partial charge in [-0.3, -0.25) is 14.5 Å². The SMILES string of the molecule is Cc1ccc(NC(=O)CCN2CCN(C(=O)c3ccco3)CC2)cc1C. The second kappa shape index (κ2) is 8.19. The van der Waals surface area contributed by atoms with Crippen LogP contribution in [0.25, 0.3) is 0 Å². The molecule has 0 saturated carbocycles. The van der Waals surface area contributed by atoms with Crippen molar-refractivity contribution < 1.29 is 14.0 Å². The van der Waals surface area contributed by atoms with Crippen molar-refractivity contribution in [2.24, 2.45) is 0 Å². The van der Waals surface area contributed by atoms with Crippen LogP contribution in [0.5, 0.6) is 0 Å². The largest absolute Gasteiger partial charge is 0.459 e. The topological polar surface area (TPSA) is 65.8 Å². The molecule has 1 fully saturated rings. The highest BCUT2D eigenvalue weighted by molar-refractivity contribution is 5.91. The summed E-state index contributed by atoms with van der Waals surface area (Å²) in [5, 5.41) is 2.95. The normalized spacial score (nSPS) is 15.1. The summed E-state index contributed by atoms with van der Waals surface area (Å²) < 4.78 is 5.17. The highest BCUT2D eigenvalue weighted by atomic mass is 16.3. The van der Waals surface area contributed by atoms with Crippen LogP contribution >= 0.6 is 0 Å². The molecule has 0 aliphatic carbocycles. The van der Waals surface area contributed by atoms with Crippen molar-refractivity contribution in [2.45, 2.75) is 20.3 Å². The van der Waals surface area contributed by atoms with Crippen molar-refractivity contribution in [3.05, 3.63) is 53.5 Å². The predicted molar refractivity (Wildman–Crippen MR) is 100 cm³/mol. The van der Waals surface area contributed by atoms with Gasteiger partial charge >= 0.3 is 0 Å². The Morgan fingerprint density at radius 2 is 1.85 bits per heavy atom. The van der Waals surface area contributed by atoms with Crippen LogP contribution in [-0.2, 0) is 4.79 Å². The maximum atomic E-state index is 12.2. The fraction of sp³-hybridized carbons (Fsp3) is 0.400. The van der Waals surface area contributed by atoms with Crippen LogP contribution in [0.4, 0.5) is 5.69 Å².